The molecule has 0 N–H and O–H groups in total. The molecule has 1 aliphatic rings. The Balaban J connectivity index is 1.80. The molecule has 0 bridgehead atoms. The SMILES string of the molecule is COc1ccc(C#N)cc1CN(Cc1ccco1)C1CC1. The summed E-state index contributed by atoms with van der Waals surface area (Å²) < 4.78 is 10.9. The summed E-state index contributed by atoms with van der Waals surface area (Å²) in [5.74, 6) is 1.80. The molecule has 1 heterocycles. The molecule has 0 radical (unpaired) electrons. The van der Waals surface area contributed by atoms with E-state index in [0.29, 0.717) is 11.6 Å². The summed E-state index contributed by atoms with van der Waals surface area (Å²) in [5.41, 5.74) is 1.72. The van der Waals surface area contributed by atoms with E-state index in [1.807, 2.05) is 24.3 Å². The molecule has 0 aliphatic heterocycles. The Morgan fingerprint density at radius 3 is 2.81 bits per heavy atom. The lowest BCUT2D eigenvalue weighted by molar-refractivity contribution is 0.222. The van der Waals surface area contributed by atoms with Crippen molar-refractivity contribution in [1.29, 1.82) is 5.26 Å². The first kappa shape index (κ1) is 13.7. The molecule has 21 heavy (non-hydrogen) atoms. The van der Waals surface area contributed by atoms with Crippen molar-refractivity contribution in [3.8, 4) is 11.8 Å². The standard InChI is InChI=1S/C17H18N2O2/c1-20-17-7-4-13(10-18)9-14(17)11-19(15-5-6-15)12-16-3-2-8-21-16/h2-4,7-9,15H,5-6,11-12H2,1H3. The van der Waals surface area contributed by atoms with Crippen molar-refractivity contribution in [2.45, 2.75) is 32.0 Å². The van der Waals surface area contributed by atoms with Gasteiger partial charge in [-0.15, -0.1) is 0 Å². The molecule has 1 saturated carbocycles. The molecule has 0 saturated heterocycles. The molecule has 0 amide bonds. The van der Waals surface area contributed by atoms with Gasteiger partial charge in [-0.3, -0.25) is 4.90 Å². The fourth-order valence-electron chi connectivity index (χ4n) is 2.55. The van der Waals surface area contributed by atoms with Crippen molar-refractivity contribution in [1.82, 2.24) is 4.90 Å². The summed E-state index contributed by atoms with van der Waals surface area (Å²) in [6.45, 7) is 1.56. The number of methoxy groups -OCH3 is 1. The fraction of sp³-hybridized carbons (Fsp3) is 0.353. The highest BCUT2D eigenvalue weighted by molar-refractivity contribution is 5.42. The van der Waals surface area contributed by atoms with Crippen molar-refractivity contribution in [3.05, 3.63) is 53.5 Å². The van der Waals surface area contributed by atoms with Crippen molar-refractivity contribution in [2.75, 3.05) is 7.11 Å². The van der Waals surface area contributed by atoms with Gasteiger partial charge in [0.25, 0.3) is 0 Å². The number of furan rings is 1. The molecule has 0 spiro atoms. The van der Waals surface area contributed by atoms with Crippen molar-refractivity contribution < 1.29 is 9.15 Å². The molecule has 108 valence electrons. The summed E-state index contributed by atoms with van der Waals surface area (Å²) in [6.07, 6.45) is 4.15. The molecular formula is C17H18N2O2. The van der Waals surface area contributed by atoms with E-state index in [1.165, 1.54) is 12.8 Å². The summed E-state index contributed by atoms with van der Waals surface area (Å²) in [5, 5.41) is 9.07. The lowest BCUT2D eigenvalue weighted by Gasteiger charge is -2.22. The van der Waals surface area contributed by atoms with E-state index < -0.39 is 0 Å². The van der Waals surface area contributed by atoms with Gasteiger partial charge in [0.2, 0.25) is 0 Å². The normalized spacial score (nSPS) is 14.1. The molecule has 1 aliphatic carbocycles. The van der Waals surface area contributed by atoms with Crippen LogP contribution in [0.25, 0.3) is 0 Å². The van der Waals surface area contributed by atoms with Gasteiger partial charge in [-0.05, 0) is 43.2 Å². The largest absolute Gasteiger partial charge is 0.496 e. The predicted molar refractivity (Wildman–Crippen MR) is 78.7 cm³/mol. The molecular weight excluding hydrogens is 264 g/mol. The first-order chi connectivity index (χ1) is 10.3. The molecule has 3 rings (SSSR count). The Kier molecular flexibility index (Phi) is 3.94. The van der Waals surface area contributed by atoms with E-state index in [1.54, 1.807) is 19.4 Å². The number of benzene rings is 1. The quantitative estimate of drug-likeness (QED) is 0.815. The average molecular weight is 282 g/mol. The van der Waals surface area contributed by atoms with Crippen molar-refractivity contribution in [3.63, 3.8) is 0 Å². The number of rotatable bonds is 6. The molecule has 1 aromatic carbocycles. The highest BCUT2D eigenvalue weighted by atomic mass is 16.5. The highest BCUT2D eigenvalue weighted by Crippen LogP contribution is 2.32. The Hall–Kier alpha value is -2.25. The van der Waals surface area contributed by atoms with Crippen LogP contribution in [0.5, 0.6) is 5.75 Å². The van der Waals surface area contributed by atoms with E-state index in [9.17, 15) is 0 Å². The second-order valence-electron chi connectivity index (χ2n) is 5.35. The maximum Gasteiger partial charge on any atom is 0.123 e. The van der Waals surface area contributed by atoms with Gasteiger partial charge in [0.05, 0.1) is 31.6 Å². The first-order valence-electron chi connectivity index (χ1n) is 7.13. The summed E-state index contributed by atoms with van der Waals surface area (Å²) in [6, 6.07) is 12.3. The zero-order valence-electron chi connectivity index (χ0n) is 12.1. The minimum Gasteiger partial charge on any atom is -0.496 e. The molecule has 1 aromatic heterocycles. The van der Waals surface area contributed by atoms with Crippen LogP contribution in [0.3, 0.4) is 0 Å². The van der Waals surface area contributed by atoms with Gasteiger partial charge >= 0.3 is 0 Å². The zero-order valence-corrected chi connectivity index (χ0v) is 12.1. The van der Waals surface area contributed by atoms with Gasteiger partial charge in [0.1, 0.15) is 11.5 Å². The Morgan fingerprint density at radius 2 is 2.19 bits per heavy atom. The van der Waals surface area contributed by atoms with Gasteiger partial charge in [-0.2, -0.15) is 5.26 Å². The third-order valence-electron chi connectivity index (χ3n) is 3.79. The van der Waals surface area contributed by atoms with Gasteiger partial charge in [-0.1, -0.05) is 0 Å². The molecule has 0 atom stereocenters. The zero-order chi connectivity index (χ0) is 14.7. The first-order valence-corrected chi connectivity index (χ1v) is 7.13. The van der Waals surface area contributed by atoms with Crippen LogP contribution in [0, 0.1) is 11.3 Å². The van der Waals surface area contributed by atoms with Gasteiger partial charge in [-0.25, -0.2) is 0 Å². The number of hydrogen-bond donors (Lipinski definition) is 0. The second kappa shape index (κ2) is 6.02. The predicted octanol–water partition coefficient (Wildman–Crippen LogP) is 3.32. The Bertz CT molecular complexity index is 639. The van der Waals surface area contributed by atoms with E-state index in [0.717, 1.165) is 30.2 Å². The van der Waals surface area contributed by atoms with Gasteiger partial charge < -0.3 is 9.15 Å². The number of nitrogens with zero attached hydrogens (tertiary/aromatic N) is 2. The monoisotopic (exact) mass is 282 g/mol. The minimum absolute atomic E-state index is 0.602. The number of ether oxygens (including phenoxy) is 1. The van der Waals surface area contributed by atoms with Gasteiger partial charge in [0, 0.05) is 18.2 Å². The maximum absolute atomic E-state index is 9.07. The lowest BCUT2D eigenvalue weighted by atomic mass is 10.1. The third-order valence-corrected chi connectivity index (χ3v) is 3.79. The molecule has 1 fully saturated rings. The molecule has 0 unspecified atom stereocenters. The lowest BCUT2D eigenvalue weighted by Crippen LogP contribution is -2.25. The number of hydrogen-bond acceptors (Lipinski definition) is 4. The summed E-state index contributed by atoms with van der Waals surface area (Å²) >= 11 is 0. The number of nitriles is 1. The van der Waals surface area contributed by atoms with Crippen LogP contribution >= 0.6 is 0 Å². The molecule has 2 aromatic rings. The Labute approximate surface area is 124 Å². The Morgan fingerprint density at radius 1 is 1.33 bits per heavy atom. The van der Waals surface area contributed by atoms with Crippen LogP contribution in [-0.2, 0) is 13.1 Å². The van der Waals surface area contributed by atoms with Crippen LogP contribution in [0.2, 0.25) is 0 Å². The van der Waals surface area contributed by atoms with Crippen LogP contribution < -0.4 is 4.74 Å². The van der Waals surface area contributed by atoms with Crippen molar-refractivity contribution >= 4 is 0 Å². The van der Waals surface area contributed by atoms with E-state index in [4.69, 9.17) is 14.4 Å². The smallest absolute Gasteiger partial charge is 0.123 e. The second-order valence-corrected chi connectivity index (χ2v) is 5.35. The van der Waals surface area contributed by atoms with Crippen LogP contribution in [0.4, 0.5) is 0 Å². The highest BCUT2D eigenvalue weighted by Gasteiger charge is 2.30. The van der Waals surface area contributed by atoms with E-state index in [-0.39, 0.29) is 0 Å². The van der Waals surface area contributed by atoms with Crippen LogP contribution in [0.15, 0.2) is 41.0 Å². The summed E-state index contributed by atoms with van der Waals surface area (Å²) in [4.78, 5) is 2.39. The van der Waals surface area contributed by atoms with Crippen molar-refractivity contribution in [2.24, 2.45) is 0 Å². The molecule has 4 nitrogen and oxygen atoms in total. The average Bonchev–Trinajstić information content (AvgIpc) is 3.24. The van der Waals surface area contributed by atoms with Crippen LogP contribution in [-0.4, -0.2) is 18.1 Å². The topological polar surface area (TPSA) is 49.4 Å². The summed E-state index contributed by atoms with van der Waals surface area (Å²) in [7, 11) is 1.67. The van der Waals surface area contributed by atoms with Crippen LogP contribution in [0.1, 0.15) is 29.7 Å². The maximum atomic E-state index is 9.07. The van der Waals surface area contributed by atoms with Gasteiger partial charge in [0.15, 0.2) is 0 Å². The minimum atomic E-state index is 0.602. The van der Waals surface area contributed by atoms with E-state index >= 15 is 0 Å². The van der Waals surface area contributed by atoms with E-state index in [2.05, 4.69) is 11.0 Å². The fourth-order valence-corrected chi connectivity index (χ4v) is 2.55. The third kappa shape index (κ3) is 3.26. The molecule has 4 heteroatoms.